The van der Waals surface area contributed by atoms with Crippen molar-refractivity contribution >= 4 is 5.91 Å². The molecule has 0 radical (unpaired) electrons. The fourth-order valence-electron chi connectivity index (χ4n) is 4.14. The fraction of sp³-hybridized carbons (Fsp3) is 0.938. The maximum Gasteiger partial charge on any atom is 0.248 e. The van der Waals surface area contributed by atoms with Crippen LogP contribution in [0, 0.1) is 5.92 Å². The van der Waals surface area contributed by atoms with Crippen molar-refractivity contribution in [2.24, 2.45) is 5.92 Å². The number of likely N-dealkylation sites (tertiary alicyclic amines) is 1. The average Bonchev–Trinajstić information content (AvgIpc) is 2.56. The van der Waals surface area contributed by atoms with Crippen molar-refractivity contribution in [3.63, 3.8) is 0 Å². The van der Waals surface area contributed by atoms with Gasteiger partial charge >= 0.3 is 0 Å². The number of piperazine rings is 1. The van der Waals surface area contributed by atoms with Crippen LogP contribution in [0.15, 0.2) is 0 Å². The van der Waals surface area contributed by atoms with Crippen molar-refractivity contribution < 1.29 is 13.6 Å². The van der Waals surface area contributed by atoms with Gasteiger partial charge in [0.25, 0.3) is 0 Å². The Bertz CT molecular complexity index is 410. The second kappa shape index (κ2) is 4.90. The molecule has 1 amide bonds. The van der Waals surface area contributed by atoms with Crippen molar-refractivity contribution in [3.8, 4) is 0 Å². The van der Waals surface area contributed by atoms with Gasteiger partial charge in [-0.15, -0.1) is 0 Å². The number of alkyl halides is 2. The molecule has 0 aromatic rings. The van der Waals surface area contributed by atoms with Crippen molar-refractivity contribution in [1.82, 2.24) is 9.80 Å². The Kier molecular flexibility index (Phi) is 3.55. The third kappa shape index (κ3) is 2.94. The average molecular weight is 300 g/mol. The Labute approximate surface area is 125 Å². The van der Waals surface area contributed by atoms with Gasteiger partial charge in [0.15, 0.2) is 0 Å². The van der Waals surface area contributed by atoms with Gasteiger partial charge in [-0.2, -0.15) is 0 Å². The number of carbonyl (C=O) groups excluding carboxylic acids is 1. The lowest BCUT2D eigenvalue weighted by Gasteiger charge is -2.47. The first-order valence-corrected chi connectivity index (χ1v) is 8.10. The molecule has 3 nitrogen and oxygen atoms in total. The van der Waals surface area contributed by atoms with Gasteiger partial charge in [0.05, 0.1) is 0 Å². The van der Waals surface area contributed by atoms with E-state index in [0.717, 1.165) is 25.9 Å². The summed E-state index contributed by atoms with van der Waals surface area (Å²) in [5.74, 6) is -2.52. The number of hydrogen-bond acceptors (Lipinski definition) is 2. The van der Waals surface area contributed by atoms with Crippen molar-refractivity contribution in [3.05, 3.63) is 0 Å². The molecule has 2 heterocycles. The molecule has 3 aliphatic rings. The summed E-state index contributed by atoms with van der Waals surface area (Å²) in [6, 6.07) is 0.576. The Morgan fingerprint density at radius 1 is 1.14 bits per heavy atom. The Morgan fingerprint density at radius 2 is 1.67 bits per heavy atom. The van der Waals surface area contributed by atoms with Crippen LogP contribution in [-0.2, 0) is 4.79 Å². The number of halogens is 2. The minimum Gasteiger partial charge on any atom is -0.334 e. The van der Waals surface area contributed by atoms with Gasteiger partial charge in [0, 0.05) is 50.0 Å². The lowest BCUT2D eigenvalue weighted by molar-refractivity contribution is -0.147. The lowest BCUT2D eigenvalue weighted by Crippen LogP contribution is -2.60. The highest BCUT2D eigenvalue weighted by Gasteiger charge is 2.49. The van der Waals surface area contributed by atoms with Crippen LogP contribution in [0.4, 0.5) is 8.78 Å². The number of hydrogen-bond donors (Lipinski definition) is 0. The molecule has 2 saturated heterocycles. The van der Waals surface area contributed by atoms with E-state index in [1.165, 1.54) is 0 Å². The number of carbonyl (C=O) groups is 1. The molecule has 0 aromatic carbocycles. The molecular formula is C16H26F2N2O. The van der Waals surface area contributed by atoms with E-state index >= 15 is 0 Å². The molecule has 2 bridgehead atoms. The quantitative estimate of drug-likeness (QED) is 0.783. The van der Waals surface area contributed by atoms with Crippen LogP contribution in [0.3, 0.4) is 0 Å². The smallest absolute Gasteiger partial charge is 0.248 e. The molecule has 3 fully saturated rings. The third-order valence-electron chi connectivity index (χ3n) is 5.36. The van der Waals surface area contributed by atoms with E-state index in [1.54, 1.807) is 0 Å². The molecule has 5 heteroatoms. The Hall–Kier alpha value is -0.710. The number of nitrogens with zero attached hydrogens (tertiary/aromatic N) is 2. The molecule has 2 aliphatic heterocycles. The van der Waals surface area contributed by atoms with Crippen LogP contribution in [0.1, 0.15) is 52.9 Å². The first kappa shape index (κ1) is 15.2. The van der Waals surface area contributed by atoms with Gasteiger partial charge in [-0.1, -0.05) is 0 Å². The monoisotopic (exact) mass is 300 g/mol. The van der Waals surface area contributed by atoms with E-state index in [1.807, 2.05) is 4.90 Å². The van der Waals surface area contributed by atoms with Crippen molar-refractivity contribution in [2.45, 2.75) is 76.4 Å². The normalized spacial score (nSPS) is 33.1. The summed E-state index contributed by atoms with van der Waals surface area (Å²) in [7, 11) is 0. The topological polar surface area (TPSA) is 23.6 Å². The lowest BCUT2D eigenvalue weighted by atomic mass is 9.79. The van der Waals surface area contributed by atoms with Crippen molar-refractivity contribution in [2.75, 3.05) is 13.1 Å². The highest BCUT2D eigenvalue weighted by molar-refractivity contribution is 5.78. The summed E-state index contributed by atoms with van der Waals surface area (Å²) in [5.41, 5.74) is 0.131. The SMILES string of the molecule is CC(C)(C)N1CC2CCC(C1)N2C(=O)CC1CC(F)(F)C1. The molecule has 1 aliphatic carbocycles. The highest BCUT2D eigenvalue weighted by Crippen LogP contribution is 2.45. The summed E-state index contributed by atoms with van der Waals surface area (Å²) in [5, 5.41) is 0. The molecule has 0 N–H and O–H groups in total. The second-order valence-electron chi connectivity index (χ2n) is 8.10. The third-order valence-corrected chi connectivity index (χ3v) is 5.36. The second-order valence-corrected chi connectivity index (χ2v) is 8.10. The number of amides is 1. The van der Waals surface area contributed by atoms with Gasteiger partial charge in [-0.25, -0.2) is 8.78 Å². The Balaban J connectivity index is 1.59. The van der Waals surface area contributed by atoms with Crippen LogP contribution in [0.25, 0.3) is 0 Å². The first-order chi connectivity index (χ1) is 9.66. The van der Waals surface area contributed by atoms with E-state index in [-0.39, 0.29) is 42.3 Å². The van der Waals surface area contributed by atoms with Crippen molar-refractivity contribution in [1.29, 1.82) is 0 Å². The summed E-state index contributed by atoms with van der Waals surface area (Å²) >= 11 is 0. The molecule has 2 atom stereocenters. The van der Waals surface area contributed by atoms with E-state index < -0.39 is 5.92 Å². The maximum absolute atomic E-state index is 12.9. The standard InChI is InChI=1S/C16H26F2N2O/c1-15(2,3)19-9-12-4-5-13(10-19)20(12)14(21)6-11-7-16(17,18)8-11/h11-13H,4-10H2,1-3H3. The van der Waals surface area contributed by atoms with Gasteiger partial charge in [0.2, 0.25) is 11.8 Å². The van der Waals surface area contributed by atoms with Gasteiger partial charge in [-0.05, 0) is 39.5 Å². The van der Waals surface area contributed by atoms with Crippen LogP contribution in [-0.4, -0.2) is 52.3 Å². The fourth-order valence-corrected chi connectivity index (χ4v) is 4.14. The highest BCUT2D eigenvalue weighted by atomic mass is 19.3. The minimum absolute atomic E-state index is 0.101. The summed E-state index contributed by atoms with van der Waals surface area (Å²) in [4.78, 5) is 17.0. The van der Waals surface area contributed by atoms with E-state index in [0.29, 0.717) is 6.42 Å². The predicted molar refractivity (Wildman–Crippen MR) is 77.3 cm³/mol. The summed E-state index contributed by atoms with van der Waals surface area (Å²) < 4.78 is 25.8. The van der Waals surface area contributed by atoms with Gasteiger partial charge in [0.1, 0.15) is 0 Å². The summed E-state index contributed by atoms with van der Waals surface area (Å²) in [6.45, 7) is 8.47. The largest absolute Gasteiger partial charge is 0.334 e. The van der Waals surface area contributed by atoms with E-state index in [4.69, 9.17) is 0 Å². The molecular weight excluding hydrogens is 274 g/mol. The molecule has 0 aromatic heterocycles. The van der Waals surface area contributed by atoms with Gasteiger partial charge in [-0.3, -0.25) is 9.69 Å². The van der Waals surface area contributed by atoms with Crippen LogP contribution >= 0.6 is 0 Å². The molecule has 120 valence electrons. The van der Waals surface area contributed by atoms with E-state index in [9.17, 15) is 13.6 Å². The number of rotatable bonds is 2. The van der Waals surface area contributed by atoms with E-state index in [2.05, 4.69) is 25.7 Å². The predicted octanol–water partition coefficient (Wildman–Crippen LogP) is 2.90. The van der Waals surface area contributed by atoms with Crippen LogP contribution < -0.4 is 0 Å². The minimum atomic E-state index is -2.52. The molecule has 3 rings (SSSR count). The zero-order valence-electron chi connectivity index (χ0n) is 13.2. The molecule has 21 heavy (non-hydrogen) atoms. The number of fused-ring (bicyclic) bond motifs is 2. The van der Waals surface area contributed by atoms with Crippen LogP contribution in [0.5, 0.6) is 0 Å². The zero-order valence-corrected chi connectivity index (χ0v) is 13.2. The maximum atomic E-state index is 12.9. The zero-order chi connectivity index (χ0) is 15.4. The molecule has 2 unspecified atom stereocenters. The Morgan fingerprint density at radius 3 is 2.10 bits per heavy atom. The summed E-state index contributed by atoms with van der Waals surface area (Å²) in [6.07, 6.45) is 2.23. The molecule has 0 spiro atoms. The van der Waals surface area contributed by atoms with Gasteiger partial charge < -0.3 is 4.90 Å². The first-order valence-electron chi connectivity index (χ1n) is 8.10. The molecule has 1 saturated carbocycles. The van der Waals surface area contributed by atoms with Crippen LogP contribution in [0.2, 0.25) is 0 Å².